The number of aliphatic hydroxyl groups excluding tert-OH is 1. The first-order valence-electron chi connectivity index (χ1n) is 14.6. The number of thioether (sulfide) groups is 1. The van der Waals surface area contributed by atoms with E-state index in [2.05, 4.69) is 34.6 Å². The van der Waals surface area contributed by atoms with Crippen molar-refractivity contribution in [2.24, 2.45) is 52.3 Å². The Balaban J connectivity index is 1.52. The Morgan fingerprint density at radius 1 is 1.03 bits per heavy atom. The maximum atomic E-state index is 10.8. The summed E-state index contributed by atoms with van der Waals surface area (Å²) >= 11 is 7.39. The van der Waals surface area contributed by atoms with E-state index in [1.54, 1.807) is 11.8 Å². The largest absolute Gasteiger partial charge is 0.479 e. The first-order chi connectivity index (χ1) is 16.1. The molecule has 0 amide bonds. The van der Waals surface area contributed by atoms with Gasteiger partial charge in [0, 0.05) is 5.25 Å². The number of fused-ring (bicyclic) bond motifs is 5. The van der Waals surface area contributed by atoms with E-state index >= 15 is 0 Å². The molecule has 4 fully saturated rings. The molecule has 4 aliphatic rings. The number of hydrogen-bond donors (Lipinski definition) is 1. The fraction of sp³-hybridized carbons (Fsp3) is 0.967. The average Bonchev–Trinajstić information content (AvgIpc) is 3.12. The molecule has 4 heteroatoms. The van der Waals surface area contributed by atoms with Crippen LogP contribution in [-0.2, 0) is 4.74 Å². The lowest BCUT2D eigenvalue weighted by Gasteiger charge is -2.63. The van der Waals surface area contributed by atoms with Gasteiger partial charge in [-0.2, -0.15) is 0 Å². The Morgan fingerprint density at radius 2 is 1.79 bits per heavy atom. The van der Waals surface area contributed by atoms with E-state index in [9.17, 15) is 5.11 Å². The number of ether oxygens (including phenoxy) is 1. The van der Waals surface area contributed by atoms with Gasteiger partial charge in [-0.1, -0.05) is 65.6 Å². The van der Waals surface area contributed by atoms with E-state index < -0.39 is 0 Å². The molecule has 4 rings (SSSR count). The van der Waals surface area contributed by atoms with Crippen molar-refractivity contribution in [1.29, 1.82) is 0 Å². The number of hydrogen-bond acceptors (Lipinski definition) is 4. The Labute approximate surface area is 220 Å². The van der Waals surface area contributed by atoms with E-state index in [-0.39, 0.29) is 11.5 Å². The van der Waals surface area contributed by atoms with Crippen molar-refractivity contribution in [2.45, 2.75) is 124 Å². The topological polar surface area (TPSA) is 29.5 Å². The second kappa shape index (κ2) is 10.9. The van der Waals surface area contributed by atoms with Gasteiger partial charge in [0.25, 0.3) is 0 Å². The normalized spacial score (nSPS) is 44.8. The second-order valence-corrected chi connectivity index (χ2v) is 15.3. The van der Waals surface area contributed by atoms with E-state index in [4.69, 9.17) is 17.0 Å². The van der Waals surface area contributed by atoms with Crippen LogP contribution in [0.15, 0.2) is 0 Å². The minimum absolute atomic E-state index is 0.173. The van der Waals surface area contributed by atoms with E-state index in [1.807, 2.05) is 6.92 Å². The molecule has 2 nitrogen and oxygen atoms in total. The van der Waals surface area contributed by atoms with Gasteiger partial charge in [0.1, 0.15) is 0 Å². The lowest BCUT2D eigenvalue weighted by molar-refractivity contribution is -0.125. The molecule has 0 aromatic heterocycles. The zero-order chi connectivity index (χ0) is 24.7. The van der Waals surface area contributed by atoms with Crippen molar-refractivity contribution >= 4 is 28.4 Å². The molecule has 34 heavy (non-hydrogen) atoms. The van der Waals surface area contributed by atoms with Crippen LogP contribution >= 0.6 is 24.0 Å². The molecule has 1 N–H and O–H groups in total. The van der Waals surface area contributed by atoms with Gasteiger partial charge in [-0.05, 0) is 123 Å². The fourth-order valence-corrected chi connectivity index (χ4v) is 11.6. The minimum Gasteiger partial charge on any atom is -0.479 e. The van der Waals surface area contributed by atoms with Gasteiger partial charge in [0.15, 0.2) is 0 Å². The number of rotatable bonds is 7. The van der Waals surface area contributed by atoms with Crippen LogP contribution in [0.25, 0.3) is 0 Å². The van der Waals surface area contributed by atoms with Crippen LogP contribution in [0.5, 0.6) is 0 Å². The third-order valence-corrected chi connectivity index (χ3v) is 13.1. The highest BCUT2D eigenvalue weighted by Crippen LogP contribution is 2.69. The van der Waals surface area contributed by atoms with Crippen molar-refractivity contribution in [3.8, 4) is 0 Å². The van der Waals surface area contributed by atoms with Crippen LogP contribution in [0, 0.1) is 52.3 Å². The maximum Gasteiger partial charge on any atom is 0.220 e. The van der Waals surface area contributed by atoms with Crippen LogP contribution in [0.1, 0.15) is 112 Å². The number of thiocarbonyl (C=S) groups is 1. The SMILES string of the molecule is CCOC(=S)SC1C[C@@H](O)C[C@H]2CC[C@@H]3[C@@H]4CC[C@H]([C@H](C)CCCC(C)C)[C@@]4(C)CC[C@@H]3[C@@]12C. The van der Waals surface area contributed by atoms with Gasteiger partial charge in [-0.25, -0.2) is 0 Å². The van der Waals surface area contributed by atoms with Crippen molar-refractivity contribution < 1.29 is 9.84 Å². The highest BCUT2D eigenvalue weighted by Gasteiger charge is 2.62. The van der Waals surface area contributed by atoms with Crippen molar-refractivity contribution in [3.05, 3.63) is 0 Å². The van der Waals surface area contributed by atoms with Crippen LogP contribution in [-0.4, -0.2) is 27.4 Å². The van der Waals surface area contributed by atoms with Gasteiger partial charge in [0.05, 0.1) is 12.7 Å². The first kappa shape index (κ1) is 27.2. The van der Waals surface area contributed by atoms with Crippen LogP contribution < -0.4 is 0 Å². The fourth-order valence-electron chi connectivity index (χ4n) is 9.74. The summed E-state index contributed by atoms with van der Waals surface area (Å²) in [6.07, 6.45) is 14.3. The Morgan fingerprint density at radius 3 is 2.50 bits per heavy atom. The molecular formula is C30H52O2S2. The highest BCUT2D eigenvalue weighted by molar-refractivity contribution is 8.23. The van der Waals surface area contributed by atoms with Gasteiger partial charge in [0.2, 0.25) is 4.38 Å². The molecule has 0 saturated heterocycles. The van der Waals surface area contributed by atoms with Crippen molar-refractivity contribution in [2.75, 3.05) is 6.61 Å². The highest BCUT2D eigenvalue weighted by atomic mass is 32.2. The molecule has 4 aliphatic carbocycles. The molecule has 10 atom stereocenters. The van der Waals surface area contributed by atoms with E-state index in [0.29, 0.717) is 27.6 Å². The van der Waals surface area contributed by atoms with Crippen LogP contribution in [0.3, 0.4) is 0 Å². The third-order valence-electron chi connectivity index (χ3n) is 11.4. The molecule has 0 bridgehead atoms. The lowest BCUT2D eigenvalue weighted by Crippen LogP contribution is -2.58. The zero-order valence-electron chi connectivity index (χ0n) is 22.9. The van der Waals surface area contributed by atoms with Gasteiger partial charge in [-0.15, -0.1) is 0 Å². The van der Waals surface area contributed by atoms with E-state index in [1.165, 1.54) is 57.8 Å². The molecule has 0 aromatic carbocycles. The third kappa shape index (κ3) is 5.00. The zero-order valence-corrected chi connectivity index (χ0v) is 24.5. The summed E-state index contributed by atoms with van der Waals surface area (Å²) < 4.78 is 6.42. The Kier molecular flexibility index (Phi) is 8.73. The average molecular weight is 509 g/mol. The van der Waals surface area contributed by atoms with Gasteiger partial charge >= 0.3 is 0 Å². The Hall–Kier alpha value is 0.200. The summed E-state index contributed by atoms with van der Waals surface area (Å²) in [5.74, 6) is 5.81. The monoisotopic (exact) mass is 508 g/mol. The summed E-state index contributed by atoms with van der Waals surface area (Å²) in [7, 11) is 0. The molecule has 4 saturated carbocycles. The number of aliphatic hydroxyl groups is 1. The summed E-state index contributed by atoms with van der Waals surface area (Å²) in [5.41, 5.74) is 0.815. The van der Waals surface area contributed by atoms with E-state index in [0.717, 1.165) is 48.3 Å². The minimum atomic E-state index is -0.173. The van der Waals surface area contributed by atoms with Crippen LogP contribution in [0.2, 0.25) is 0 Å². The molecule has 0 aliphatic heterocycles. The quantitative estimate of drug-likeness (QED) is 0.349. The maximum absolute atomic E-state index is 10.8. The molecule has 0 heterocycles. The van der Waals surface area contributed by atoms with Crippen LogP contribution in [0.4, 0.5) is 0 Å². The molecule has 0 spiro atoms. The predicted molar refractivity (Wildman–Crippen MR) is 150 cm³/mol. The van der Waals surface area contributed by atoms with Gasteiger partial charge in [-0.3, -0.25) is 0 Å². The lowest BCUT2D eigenvalue weighted by atomic mass is 9.44. The smallest absolute Gasteiger partial charge is 0.220 e. The Bertz CT molecular complexity index is 710. The van der Waals surface area contributed by atoms with Crippen molar-refractivity contribution in [3.63, 3.8) is 0 Å². The molecule has 0 aromatic rings. The molecule has 1 unspecified atom stereocenters. The summed E-state index contributed by atoms with van der Waals surface area (Å²) in [4.78, 5) is 0. The molecule has 196 valence electrons. The predicted octanol–water partition coefficient (Wildman–Crippen LogP) is 8.50. The molecule has 0 radical (unpaired) electrons. The van der Waals surface area contributed by atoms with Crippen molar-refractivity contribution in [1.82, 2.24) is 0 Å². The summed E-state index contributed by atoms with van der Waals surface area (Å²) in [6.45, 7) is 15.3. The second-order valence-electron chi connectivity index (χ2n) is 13.5. The summed E-state index contributed by atoms with van der Waals surface area (Å²) in [6, 6.07) is 0. The molecular weight excluding hydrogens is 456 g/mol. The first-order valence-corrected chi connectivity index (χ1v) is 15.9. The van der Waals surface area contributed by atoms with Gasteiger partial charge < -0.3 is 9.84 Å². The standard InChI is InChI=1S/C30H52O2S2/c1-7-32-28(33)34-27-18-22(31)17-21-11-12-23-25-14-13-24(20(4)10-8-9-19(2)3)29(25,5)16-15-26(23)30(21,27)6/h19-27,31H,7-18H2,1-6H3/t20-,21-,22+,23-,24-,25+,26+,27?,29-,30+/m1/s1. The summed E-state index contributed by atoms with van der Waals surface area (Å²) in [5, 5.41) is 11.2.